The van der Waals surface area contributed by atoms with E-state index >= 15 is 0 Å². The van der Waals surface area contributed by atoms with Crippen LogP contribution in [-0.4, -0.2) is 46.8 Å². The van der Waals surface area contributed by atoms with Crippen molar-refractivity contribution in [2.24, 2.45) is 0 Å². The molecule has 2 aromatic rings. The van der Waals surface area contributed by atoms with E-state index in [9.17, 15) is 9.59 Å². The quantitative estimate of drug-likeness (QED) is 0.805. The number of hydrogen-bond donors (Lipinski definition) is 1. The smallest absolute Gasteiger partial charge is 0.399 e. The minimum Gasteiger partial charge on any atom is -0.399 e. The van der Waals surface area contributed by atoms with Crippen molar-refractivity contribution in [3.63, 3.8) is 0 Å². The number of carbonyl (C=O) groups excluding carboxylic acids is 2. The molecule has 0 spiro atoms. The van der Waals surface area contributed by atoms with Crippen LogP contribution in [-0.2, 0) is 14.1 Å². The van der Waals surface area contributed by atoms with Crippen LogP contribution >= 0.6 is 0 Å². The molecule has 140 valence electrons. The molecule has 0 unspecified atom stereocenters. The molecule has 27 heavy (non-hydrogen) atoms. The first-order chi connectivity index (χ1) is 12.7. The minimum absolute atomic E-state index is 0.249. The predicted octanol–water partition coefficient (Wildman–Crippen LogP) is 1.38. The van der Waals surface area contributed by atoms with Crippen LogP contribution in [0.5, 0.6) is 0 Å². The normalized spacial score (nSPS) is 21.6. The summed E-state index contributed by atoms with van der Waals surface area (Å²) < 4.78 is 12.4. The van der Waals surface area contributed by atoms with E-state index in [2.05, 4.69) is 15.3 Å². The maximum Gasteiger partial charge on any atom is 0.495 e. The number of anilines is 1. The molecule has 0 aliphatic carbocycles. The largest absolute Gasteiger partial charge is 0.495 e. The zero-order valence-corrected chi connectivity index (χ0v) is 15.8. The van der Waals surface area contributed by atoms with Crippen molar-refractivity contribution in [3.05, 3.63) is 24.7 Å². The number of aromatic nitrogens is 2. The van der Waals surface area contributed by atoms with Gasteiger partial charge in [-0.3, -0.25) is 15.0 Å². The predicted molar refractivity (Wildman–Crippen MR) is 101 cm³/mol. The van der Waals surface area contributed by atoms with Gasteiger partial charge in [0, 0.05) is 30.2 Å². The number of carbonyl (C=O) groups is 2. The van der Waals surface area contributed by atoms with Crippen LogP contribution in [0.1, 0.15) is 34.1 Å². The Balaban J connectivity index is 1.81. The lowest BCUT2D eigenvalue weighted by Gasteiger charge is -2.32. The molecule has 0 bridgehead atoms. The number of urea groups is 1. The fraction of sp³-hybridized carbons (Fsp3) is 0.444. The standard InChI is InChI=1S/C18H21BN4O4/c1-17(2)18(3,4)27-19(26-17)13-7-11(8-14-12(13)9-20-10-21-14)23-6-5-15(24)22-16(23)25/h7-10H,5-6H2,1-4H3,(H,22,24,25). The molecule has 1 N–H and O–H groups in total. The summed E-state index contributed by atoms with van der Waals surface area (Å²) in [5.74, 6) is -0.273. The van der Waals surface area contributed by atoms with Gasteiger partial charge in [-0.15, -0.1) is 0 Å². The average Bonchev–Trinajstić information content (AvgIpc) is 2.81. The molecule has 0 radical (unpaired) electrons. The zero-order chi connectivity index (χ0) is 19.4. The van der Waals surface area contributed by atoms with Crippen molar-refractivity contribution in [1.82, 2.24) is 15.3 Å². The van der Waals surface area contributed by atoms with Crippen molar-refractivity contribution >= 4 is 41.1 Å². The van der Waals surface area contributed by atoms with Crippen LogP contribution < -0.4 is 15.7 Å². The van der Waals surface area contributed by atoms with E-state index in [4.69, 9.17) is 9.31 Å². The van der Waals surface area contributed by atoms with Gasteiger partial charge in [0.1, 0.15) is 6.33 Å². The van der Waals surface area contributed by atoms with Crippen molar-refractivity contribution in [1.29, 1.82) is 0 Å². The van der Waals surface area contributed by atoms with Crippen molar-refractivity contribution in [2.45, 2.75) is 45.3 Å². The van der Waals surface area contributed by atoms with Crippen LogP contribution in [0.3, 0.4) is 0 Å². The Morgan fingerprint density at radius 3 is 2.52 bits per heavy atom. The number of benzene rings is 1. The van der Waals surface area contributed by atoms with Gasteiger partial charge in [0.15, 0.2) is 0 Å². The van der Waals surface area contributed by atoms with Crippen molar-refractivity contribution < 1.29 is 18.9 Å². The summed E-state index contributed by atoms with van der Waals surface area (Å²) in [6, 6.07) is 3.21. The number of fused-ring (bicyclic) bond motifs is 1. The molecule has 1 aromatic carbocycles. The van der Waals surface area contributed by atoms with E-state index in [0.717, 1.165) is 10.8 Å². The first-order valence-electron chi connectivity index (χ1n) is 8.89. The zero-order valence-electron chi connectivity index (χ0n) is 15.8. The Labute approximate surface area is 157 Å². The summed E-state index contributed by atoms with van der Waals surface area (Å²) in [6.07, 6.45) is 3.42. The molecule has 3 heterocycles. The third-order valence-electron chi connectivity index (χ3n) is 5.51. The van der Waals surface area contributed by atoms with E-state index in [1.54, 1.807) is 12.3 Å². The first-order valence-corrected chi connectivity index (χ1v) is 8.89. The first kappa shape index (κ1) is 17.9. The van der Waals surface area contributed by atoms with Gasteiger partial charge in [0.05, 0.1) is 16.7 Å². The summed E-state index contributed by atoms with van der Waals surface area (Å²) in [4.78, 5) is 33.7. The molecule has 3 amide bonds. The van der Waals surface area contributed by atoms with E-state index in [-0.39, 0.29) is 12.3 Å². The summed E-state index contributed by atoms with van der Waals surface area (Å²) in [7, 11) is -0.613. The third-order valence-corrected chi connectivity index (χ3v) is 5.51. The fourth-order valence-corrected chi connectivity index (χ4v) is 3.23. The second-order valence-corrected chi connectivity index (χ2v) is 7.83. The molecule has 2 saturated heterocycles. The second-order valence-electron chi connectivity index (χ2n) is 7.83. The monoisotopic (exact) mass is 368 g/mol. The van der Waals surface area contributed by atoms with Crippen LogP contribution in [0.4, 0.5) is 10.5 Å². The summed E-state index contributed by atoms with van der Waals surface area (Å²) >= 11 is 0. The Bertz CT molecular complexity index is 930. The van der Waals surface area contributed by atoms with Crippen LogP contribution in [0.15, 0.2) is 24.7 Å². The van der Waals surface area contributed by atoms with Crippen molar-refractivity contribution in [3.8, 4) is 0 Å². The van der Waals surface area contributed by atoms with Gasteiger partial charge < -0.3 is 9.31 Å². The number of nitrogens with zero attached hydrogens (tertiary/aromatic N) is 3. The second kappa shape index (κ2) is 6.00. The highest BCUT2D eigenvalue weighted by molar-refractivity contribution is 6.65. The van der Waals surface area contributed by atoms with Crippen molar-refractivity contribution in [2.75, 3.05) is 11.4 Å². The van der Waals surface area contributed by atoms with E-state index in [1.165, 1.54) is 11.2 Å². The maximum absolute atomic E-state index is 12.3. The SMILES string of the molecule is CC1(C)OB(c2cc(N3CCC(=O)NC3=O)cc3ncncc23)OC1(C)C. The number of rotatable bonds is 2. The molecule has 0 saturated carbocycles. The number of nitrogens with one attached hydrogen (secondary N) is 1. The molecule has 9 heteroatoms. The number of hydrogen-bond acceptors (Lipinski definition) is 6. The summed E-state index contributed by atoms with van der Waals surface area (Å²) in [5.41, 5.74) is 1.08. The van der Waals surface area contributed by atoms with E-state index in [1.807, 2.05) is 33.8 Å². The molecule has 2 fully saturated rings. The molecule has 0 atom stereocenters. The van der Waals surface area contributed by atoms with Gasteiger partial charge in [0.2, 0.25) is 5.91 Å². The molecule has 4 rings (SSSR count). The Morgan fingerprint density at radius 1 is 1.15 bits per heavy atom. The van der Waals surface area contributed by atoms with Gasteiger partial charge >= 0.3 is 13.1 Å². The lowest BCUT2D eigenvalue weighted by atomic mass is 9.76. The van der Waals surface area contributed by atoms with Gasteiger partial charge in [-0.05, 0) is 45.3 Å². The highest BCUT2D eigenvalue weighted by Crippen LogP contribution is 2.37. The van der Waals surface area contributed by atoms with Gasteiger partial charge in [0.25, 0.3) is 0 Å². The molecule has 1 aromatic heterocycles. The molecule has 2 aliphatic rings. The van der Waals surface area contributed by atoms with E-state index < -0.39 is 24.4 Å². The van der Waals surface area contributed by atoms with Gasteiger partial charge in [-0.2, -0.15) is 0 Å². The van der Waals surface area contributed by atoms with Crippen LogP contribution in [0.25, 0.3) is 10.9 Å². The number of imide groups is 1. The third kappa shape index (κ3) is 2.96. The Kier molecular flexibility index (Phi) is 3.97. The van der Waals surface area contributed by atoms with E-state index in [0.29, 0.717) is 17.7 Å². The van der Waals surface area contributed by atoms with Gasteiger partial charge in [-0.25, -0.2) is 14.8 Å². The Morgan fingerprint density at radius 2 is 1.85 bits per heavy atom. The average molecular weight is 368 g/mol. The lowest BCUT2D eigenvalue weighted by Crippen LogP contribution is -2.50. The lowest BCUT2D eigenvalue weighted by molar-refractivity contribution is -0.120. The fourth-order valence-electron chi connectivity index (χ4n) is 3.23. The molecule has 8 nitrogen and oxygen atoms in total. The topological polar surface area (TPSA) is 93.7 Å². The Hall–Kier alpha value is -2.52. The molecule has 2 aliphatic heterocycles. The highest BCUT2D eigenvalue weighted by Gasteiger charge is 2.52. The van der Waals surface area contributed by atoms with Crippen LogP contribution in [0, 0.1) is 0 Å². The molecular weight excluding hydrogens is 347 g/mol. The van der Waals surface area contributed by atoms with Crippen LogP contribution in [0.2, 0.25) is 0 Å². The molecular formula is C18H21BN4O4. The van der Waals surface area contributed by atoms with Gasteiger partial charge in [-0.1, -0.05) is 0 Å². The maximum atomic E-state index is 12.3. The summed E-state index contributed by atoms with van der Waals surface area (Å²) in [6.45, 7) is 8.25. The highest BCUT2D eigenvalue weighted by atomic mass is 16.7. The minimum atomic E-state index is -0.613. The summed E-state index contributed by atoms with van der Waals surface area (Å²) in [5, 5.41) is 3.14. The number of amides is 3.